The molecule has 0 spiro atoms. The Balaban J connectivity index is 2.39. The van der Waals surface area contributed by atoms with E-state index in [9.17, 15) is 0 Å². The summed E-state index contributed by atoms with van der Waals surface area (Å²) in [7, 11) is 1.97. The molecular weight excluding hydrogens is 278 g/mol. The number of rotatable bonds is 4. The van der Waals surface area contributed by atoms with Crippen LogP contribution in [0.25, 0.3) is 0 Å². The Bertz CT molecular complexity index is 493. The van der Waals surface area contributed by atoms with Crippen LogP contribution < -0.4 is 5.32 Å². The third kappa shape index (κ3) is 2.76. The Morgan fingerprint density at radius 3 is 2.82 bits per heavy atom. The van der Waals surface area contributed by atoms with Crippen LogP contribution in [-0.2, 0) is 7.05 Å². The van der Waals surface area contributed by atoms with Crippen LogP contribution in [0.3, 0.4) is 0 Å². The monoisotopic (exact) mass is 293 g/mol. The van der Waals surface area contributed by atoms with Crippen molar-refractivity contribution in [3.8, 4) is 0 Å². The van der Waals surface area contributed by atoms with Gasteiger partial charge >= 0.3 is 0 Å². The summed E-state index contributed by atoms with van der Waals surface area (Å²) < 4.78 is 3.01. The van der Waals surface area contributed by atoms with Crippen LogP contribution in [0.1, 0.15) is 24.2 Å². The molecule has 0 bridgehead atoms. The summed E-state index contributed by atoms with van der Waals surface area (Å²) in [6.07, 6.45) is 1.83. The quantitative estimate of drug-likeness (QED) is 0.939. The van der Waals surface area contributed by atoms with Gasteiger partial charge in [0.2, 0.25) is 0 Å². The third-order valence-electron chi connectivity index (χ3n) is 2.74. The van der Waals surface area contributed by atoms with Gasteiger partial charge in [0.1, 0.15) is 0 Å². The Kier molecular flexibility index (Phi) is 3.97. The normalized spacial score (nSPS) is 12.6. The second-order valence-electron chi connectivity index (χ2n) is 3.93. The van der Waals surface area contributed by atoms with E-state index in [1.165, 1.54) is 11.3 Å². The van der Waals surface area contributed by atoms with Gasteiger partial charge < -0.3 is 5.32 Å². The summed E-state index contributed by atoms with van der Waals surface area (Å²) in [5.41, 5.74) is 2.41. The highest BCUT2D eigenvalue weighted by molar-refractivity contribution is 9.10. The zero-order valence-corrected chi connectivity index (χ0v) is 11.6. The average molecular weight is 294 g/mol. The highest BCUT2D eigenvalue weighted by Gasteiger charge is 2.16. The number of aryl methyl sites for hydroxylation is 1. The van der Waals surface area contributed by atoms with E-state index in [0.717, 1.165) is 11.0 Å². The van der Waals surface area contributed by atoms with Crippen LogP contribution in [0.15, 0.2) is 41.0 Å². The molecule has 1 heterocycles. The van der Waals surface area contributed by atoms with Gasteiger partial charge in [0.25, 0.3) is 0 Å². The van der Waals surface area contributed by atoms with E-state index in [1.807, 2.05) is 30.1 Å². The van der Waals surface area contributed by atoms with Gasteiger partial charge in [0, 0.05) is 17.7 Å². The molecule has 0 aliphatic carbocycles. The maximum atomic E-state index is 4.23. The fraction of sp³-hybridized carbons (Fsp3) is 0.308. The molecule has 1 atom stereocenters. The van der Waals surface area contributed by atoms with E-state index < -0.39 is 0 Å². The molecule has 1 N–H and O–H groups in total. The summed E-state index contributed by atoms with van der Waals surface area (Å²) in [5, 5.41) is 7.72. The molecule has 90 valence electrons. The van der Waals surface area contributed by atoms with Crippen LogP contribution in [0.4, 0.5) is 0 Å². The van der Waals surface area contributed by atoms with Gasteiger partial charge in [-0.15, -0.1) is 0 Å². The minimum atomic E-state index is 0.185. The number of nitrogens with zero attached hydrogens (tertiary/aromatic N) is 2. The number of halogens is 1. The van der Waals surface area contributed by atoms with E-state index >= 15 is 0 Å². The lowest BCUT2D eigenvalue weighted by Crippen LogP contribution is -2.24. The van der Waals surface area contributed by atoms with E-state index in [1.54, 1.807) is 0 Å². The lowest BCUT2D eigenvalue weighted by atomic mass is 10.0. The van der Waals surface area contributed by atoms with Gasteiger partial charge in [0.05, 0.1) is 11.7 Å². The maximum Gasteiger partial charge on any atom is 0.0748 e. The summed E-state index contributed by atoms with van der Waals surface area (Å²) in [6.45, 7) is 3.03. The van der Waals surface area contributed by atoms with Gasteiger partial charge in [-0.2, -0.15) is 5.10 Å². The highest BCUT2D eigenvalue weighted by Crippen LogP contribution is 2.23. The smallest absolute Gasteiger partial charge is 0.0748 e. The highest BCUT2D eigenvalue weighted by atomic mass is 79.9. The number of hydrogen-bond donors (Lipinski definition) is 1. The molecule has 3 nitrogen and oxygen atoms in total. The summed E-state index contributed by atoms with van der Waals surface area (Å²) in [5.74, 6) is 0. The SMILES string of the molecule is CCNC(c1cccc(Br)c1)c1ccnn1C. The van der Waals surface area contributed by atoms with Crippen molar-refractivity contribution in [2.75, 3.05) is 6.54 Å². The molecule has 2 rings (SSSR count). The molecule has 1 unspecified atom stereocenters. The molecule has 4 heteroatoms. The molecule has 1 aromatic carbocycles. The standard InChI is InChI=1S/C13H16BrN3/c1-3-15-13(12-7-8-16-17(12)2)10-5-4-6-11(14)9-10/h4-9,13,15H,3H2,1-2H3. The van der Waals surface area contributed by atoms with Crippen molar-refractivity contribution in [1.29, 1.82) is 0 Å². The van der Waals surface area contributed by atoms with Crippen LogP contribution in [0.5, 0.6) is 0 Å². The number of nitrogens with one attached hydrogen (secondary N) is 1. The number of aromatic nitrogens is 2. The second-order valence-corrected chi connectivity index (χ2v) is 4.84. The second kappa shape index (κ2) is 5.47. The molecule has 0 aliphatic heterocycles. The van der Waals surface area contributed by atoms with Crippen molar-refractivity contribution in [3.63, 3.8) is 0 Å². The molecule has 0 aliphatic rings. The molecule has 0 radical (unpaired) electrons. The van der Waals surface area contributed by atoms with E-state index in [0.29, 0.717) is 0 Å². The largest absolute Gasteiger partial charge is 0.305 e. The molecule has 1 aromatic heterocycles. The summed E-state index contributed by atoms with van der Waals surface area (Å²) in [4.78, 5) is 0. The van der Waals surface area contributed by atoms with Crippen LogP contribution in [-0.4, -0.2) is 16.3 Å². The maximum absolute atomic E-state index is 4.23. The predicted octanol–water partition coefficient (Wildman–Crippen LogP) is 2.88. The van der Waals surface area contributed by atoms with Gasteiger partial charge in [-0.05, 0) is 30.3 Å². The number of hydrogen-bond acceptors (Lipinski definition) is 2. The van der Waals surface area contributed by atoms with E-state index in [-0.39, 0.29) is 6.04 Å². The lowest BCUT2D eigenvalue weighted by Gasteiger charge is -2.19. The van der Waals surface area contributed by atoms with Crippen molar-refractivity contribution in [2.24, 2.45) is 7.05 Å². The van der Waals surface area contributed by atoms with Crippen molar-refractivity contribution in [1.82, 2.24) is 15.1 Å². The fourth-order valence-corrected chi connectivity index (χ4v) is 2.37. The van der Waals surface area contributed by atoms with E-state index in [2.05, 4.69) is 51.5 Å². The topological polar surface area (TPSA) is 29.9 Å². The van der Waals surface area contributed by atoms with Gasteiger partial charge in [-0.25, -0.2) is 0 Å². The zero-order chi connectivity index (χ0) is 12.3. The summed E-state index contributed by atoms with van der Waals surface area (Å²) >= 11 is 3.51. The molecule has 0 amide bonds. The molecule has 0 saturated carbocycles. The van der Waals surface area contributed by atoms with Crippen LogP contribution in [0, 0.1) is 0 Å². The van der Waals surface area contributed by atoms with Gasteiger partial charge in [-0.1, -0.05) is 35.0 Å². The lowest BCUT2D eigenvalue weighted by molar-refractivity contribution is 0.572. The molecule has 0 fully saturated rings. The molecular formula is C13H16BrN3. The first-order chi connectivity index (χ1) is 8.22. The molecule has 17 heavy (non-hydrogen) atoms. The number of benzene rings is 1. The minimum absolute atomic E-state index is 0.185. The zero-order valence-electron chi connectivity index (χ0n) is 10.0. The Hall–Kier alpha value is -1.13. The van der Waals surface area contributed by atoms with Crippen molar-refractivity contribution in [3.05, 3.63) is 52.3 Å². The summed E-state index contributed by atoms with van der Waals surface area (Å²) in [6, 6.07) is 10.6. The Morgan fingerprint density at radius 1 is 1.41 bits per heavy atom. The first-order valence-corrected chi connectivity index (χ1v) is 6.48. The average Bonchev–Trinajstić information content (AvgIpc) is 2.72. The minimum Gasteiger partial charge on any atom is -0.305 e. The van der Waals surface area contributed by atoms with Crippen LogP contribution >= 0.6 is 15.9 Å². The molecule has 0 saturated heterocycles. The molecule has 2 aromatic rings. The van der Waals surface area contributed by atoms with Crippen molar-refractivity contribution < 1.29 is 0 Å². The first-order valence-electron chi connectivity index (χ1n) is 5.69. The van der Waals surface area contributed by atoms with Gasteiger partial charge in [-0.3, -0.25) is 4.68 Å². The fourth-order valence-electron chi connectivity index (χ4n) is 1.95. The van der Waals surface area contributed by atoms with Gasteiger partial charge in [0.15, 0.2) is 0 Å². The van der Waals surface area contributed by atoms with E-state index in [4.69, 9.17) is 0 Å². The van der Waals surface area contributed by atoms with Crippen LogP contribution in [0.2, 0.25) is 0 Å². The Labute approximate surface area is 110 Å². The van der Waals surface area contributed by atoms with Crippen molar-refractivity contribution in [2.45, 2.75) is 13.0 Å². The Morgan fingerprint density at radius 2 is 2.24 bits per heavy atom. The van der Waals surface area contributed by atoms with Crippen molar-refractivity contribution >= 4 is 15.9 Å². The predicted molar refractivity (Wildman–Crippen MR) is 72.9 cm³/mol. The third-order valence-corrected chi connectivity index (χ3v) is 3.24. The first kappa shape index (κ1) is 12.3.